The molecule has 26 heavy (non-hydrogen) atoms. The van der Waals surface area contributed by atoms with Gasteiger partial charge in [-0.3, -0.25) is 4.79 Å². The minimum Gasteiger partial charge on any atom is -0.361 e. The minimum absolute atomic E-state index is 0.112. The highest BCUT2D eigenvalue weighted by Crippen LogP contribution is 2.22. The van der Waals surface area contributed by atoms with Crippen LogP contribution in [0.3, 0.4) is 0 Å². The maximum Gasteiger partial charge on any atom is 0.253 e. The fraction of sp³-hybridized carbons (Fsp3) is 0.350. The van der Waals surface area contributed by atoms with Crippen LogP contribution in [-0.2, 0) is 0 Å². The molecule has 134 valence electrons. The summed E-state index contributed by atoms with van der Waals surface area (Å²) in [6, 6.07) is 10.3. The van der Waals surface area contributed by atoms with E-state index in [-0.39, 0.29) is 5.91 Å². The van der Waals surface area contributed by atoms with Crippen molar-refractivity contribution in [2.45, 2.75) is 25.8 Å². The lowest BCUT2D eigenvalue weighted by molar-refractivity contribution is 0.0713. The van der Waals surface area contributed by atoms with Gasteiger partial charge in [0.1, 0.15) is 12.1 Å². The minimum atomic E-state index is 0.112. The summed E-state index contributed by atoms with van der Waals surface area (Å²) in [5, 5.41) is 1.13. The summed E-state index contributed by atoms with van der Waals surface area (Å²) in [4.78, 5) is 28.7. The van der Waals surface area contributed by atoms with E-state index in [1.807, 2.05) is 48.4 Å². The molecule has 1 N–H and O–H groups in total. The van der Waals surface area contributed by atoms with Crippen molar-refractivity contribution in [3.05, 3.63) is 54.1 Å². The molecule has 4 rings (SSSR count). The average Bonchev–Trinajstić information content (AvgIpc) is 3.15. The molecular formula is C20H23N5O. The maximum absolute atomic E-state index is 12.8. The van der Waals surface area contributed by atoms with E-state index in [0.717, 1.165) is 53.9 Å². The summed E-state index contributed by atoms with van der Waals surface area (Å²) in [5.41, 5.74) is 2.72. The highest BCUT2D eigenvalue weighted by Gasteiger charge is 2.26. The molecule has 1 fully saturated rings. The summed E-state index contributed by atoms with van der Waals surface area (Å²) in [6.45, 7) is 3.50. The Labute approximate surface area is 152 Å². The zero-order chi connectivity index (χ0) is 18.1. The number of anilines is 1. The number of hydrogen-bond acceptors (Lipinski definition) is 4. The summed E-state index contributed by atoms with van der Waals surface area (Å²) in [5.74, 6) is 1.06. The molecule has 0 spiro atoms. The van der Waals surface area contributed by atoms with Crippen molar-refractivity contribution in [3.8, 4) is 0 Å². The zero-order valence-corrected chi connectivity index (χ0v) is 15.1. The fourth-order valence-electron chi connectivity index (χ4n) is 3.64. The molecule has 1 aliphatic heterocycles. The van der Waals surface area contributed by atoms with Crippen LogP contribution in [0.2, 0.25) is 0 Å². The molecule has 0 bridgehead atoms. The third-order valence-electron chi connectivity index (χ3n) is 5.25. The van der Waals surface area contributed by atoms with E-state index < -0.39 is 0 Å². The molecule has 0 unspecified atom stereocenters. The predicted octanol–water partition coefficient (Wildman–Crippen LogP) is 3.01. The van der Waals surface area contributed by atoms with Gasteiger partial charge in [-0.15, -0.1) is 0 Å². The van der Waals surface area contributed by atoms with E-state index in [9.17, 15) is 4.79 Å². The van der Waals surface area contributed by atoms with Gasteiger partial charge < -0.3 is 14.8 Å². The highest BCUT2D eigenvalue weighted by molar-refractivity contribution is 5.98. The van der Waals surface area contributed by atoms with Gasteiger partial charge in [0, 0.05) is 55.2 Å². The summed E-state index contributed by atoms with van der Waals surface area (Å²) in [7, 11) is 2.07. The molecule has 1 aromatic carbocycles. The molecule has 0 saturated carbocycles. The molecule has 1 amide bonds. The van der Waals surface area contributed by atoms with Gasteiger partial charge in [-0.05, 0) is 43.4 Å². The van der Waals surface area contributed by atoms with Gasteiger partial charge in [0.25, 0.3) is 5.91 Å². The van der Waals surface area contributed by atoms with Crippen LogP contribution in [0.25, 0.3) is 10.9 Å². The van der Waals surface area contributed by atoms with Gasteiger partial charge in [0.15, 0.2) is 0 Å². The second-order valence-electron chi connectivity index (χ2n) is 6.93. The first-order chi connectivity index (χ1) is 12.6. The molecule has 6 nitrogen and oxygen atoms in total. The van der Waals surface area contributed by atoms with Crippen molar-refractivity contribution >= 4 is 22.6 Å². The number of hydrogen-bond donors (Lipinski definition) is 1. The van der Waals surface area contributed by atoms with Gasteiger partial charge >= 0.3 is 0 Å². The Morgan fingerprint density at radius 3 is 2.77 bits per heavy atom. The lowest BCUT2D eigenvalue weighted by atomic mass is 10.0. The lowest BCUT2D eigenvalue weighted by Crippen LogP contribution is -2.45. The number of nitrogens with zero attached hydrogens (tertiary/aromatic N) is 4. The van der Waals surface area contributed by atoms with Crippen molar-refractivity contribution in [1.29, 1.82) is 0 Å². The molecule has 2 aromatic heterocycles. The molecule has 0 radical (unpaired) electrons. The third kappa shape index (κ3) is 3.14. The quantitative estimate of drug-likeness (QED) is 0.789. The molecule has 6 heteroatoms. The summed E-state index contributed by atoms with van der Waals surface area (Å²) in [6.07, 6.45) is 5.39. The first-order valence-electron chi connectivity index (χ1n) is 9.00. The number of piperidine rings is 1. The highest BCUT2D eigenvalue weighted by atomic mass is 16.2. The molecule has 1 aliphatic rings. The van der Waals surface area contributed by atoms with Crippen LogP contribution in [0.4, 0.5) is 5.82 Å². The van der Waals surface area contributed by atoms with E-state index in [1.165, 1.54) is 0 Å². The largest absolute Gasteiger partial charge is 0.361 e. The van der Waals surface area contributed by atoms with E-state index in [0.29, 0.717) is 6.04 Å². The van der Waals surface area contributed by atoms with Crippen molar-refractivity contribution in [2.24, 2.45) is 0 Å². The topological polar surface area (TPSA) is 65.1 Å². The number of H-pyrrole nitrogens is 1. The monoisotopic (exact) mass is 349 g/mol. The Bertz CT molecular complexity index is 927. The SMILES string of the molecule is Cc1cc(N(C)C2CCN(C(=O)c3ccc4cc[nH]c4c3)CC2)ncn1. The number of benzene rings is 1. The Balaban J connectivity index is 1.42. The number of nitrogens with one attached hydrogen (secondary N) is 1. The van der Waals surface area contributed by atoms with E-state index in [4.69, 9.17) is 0 Å². The molecule has 3 heterocycles. The number of aryl methyl sites for hydroxylation is 1. The van der Waals surface area contributed by atoms with Crippen molar-refractivity contribution in [3.63, 3.8) is 0 Å². The third-order valence-corrected chi connectivity index (χ3v) is 5.25. The second-order valence-corrected chi connectivity index (χ2v) is 6.93. The van der Waals surface area contributed by atoms with Gasteiger partial charge in [-0.1, -0.05) is 6.07 Å². The van der Waals surface area contributed by atoms with E-state index >= 15 is 0 Å². The second kappa shape index (κ2) is 6.78. The molecule has 3 aromatic rings. The van der Waals surface area contributed by atoms with Crippen LogP contribution in [0, 0.1) is 6.92 Å². The molecule has 0 atom stereocenters. The lowest BCUT2D eigenvalue weighted by Gasteiger charge is -2.37. The molecule has 0 aliphatic carbocycles. The van der Waals surface area contributed by atoms with Crippen LogP contribution in [0.15, 0.2) is 42.9 Å². The van der Waals surface area contributed by atoms with Crippen LogP contribution in [-0.4, -0.2) is 51.9 Å². The van der Waals surface area contributed by atoms with E-state index in [2.05, 4.69) is 26.9 Å². The average molecular weight is 349 g/mol. The first kappa shape index (κ1) is 16.6. The number of aromatic nitrogens is 3. The van der Waals surface area contributed by atoms with Crippen LogP contribution in [0.1, 0.15) is 28.9 Å². The van der Waals surface area contributed by atoms with Gasteiger partial charge in [-0.2, -0.15) is 0 Å². The van der Waals surface area contributed by atoms with Gasteiger partial charge in [0.2, 0.25) is 0 Å². The van der Waals surface area contributed by atoms with Crippen molar-refractivity contribution in [1.82, 2.24) is 19.9 Å². The van der Waals surface area contributed by atoms with Crippen LogP contribution < -0.4 is 4.90 Å². The van der Waals surface area contributed by atoms with Crippen LogP contribution >= 0.6 is 0 Å². The predicted molar refractivity (Wildman–Crippen MR) is 102 cm³/mol. The van der Waals surface area contributed by atoms with E-state index in [1.54, 1.807) is 6.33 Å². The number of carbonyl (C=O) groups is 1. The number of aromatic amines is 1. The molecule has 1 saturated heterocycles. The summed E-state index contributed by atoms with van der Waals surface area (Å²) < 4.78 is 0. The van der Waals surface area contributed by atoms with Crippen molar-refractivity contribution < 1.29 is 4.79 Å². The number of rotatable bonds is 3. The number of likely N-dealkylation sites (tertiary alicyclic amines) is 1. The number of fused-ring (bicyclic) bond motifs is 1. The van der Waals surface area contributed by atoms with Crippen molar-refractivity contribution in [2.75, 3.05) is 25.0 Å². The van der Waals surface area contributed by atoms with Gasteiger partial charge in [0.05, 0.1) is 0 Å². The molecular weight excluding hydrogens is 326 g/mol. The number of amides is 1. The Kier molecular flexibility index (Phi) is 4.32. The standard InChI is InChI=1S/C20H23N5O/c1-14-11-19(23-13-22-14)24(2)17-6-9-25(10-7-17)20(26)16-4-3-15-5-8-21-18(15)12-16/h3-5,8,11-13,17,21H,6-7,9-10H2,1-2H3. The van der Waals surface area contributed by atoms with Crippen LogP contribution in [0.5, 0.6) is 0 Å². The fourth-order valence-corrected chi connectivity index (χ4v) is 3.64. The first-order valence-corrected chi connectivity index (χ1v) is 9.00. The normalized spacial score (nSPS) is 15.4. The Morgan fingerprint density at radius 2 is 2.00 bits per heavy atom. The van der Waals surface area contributed by atoms with Gasteiger partial charge in [-0.25, -0.2) is 9.97 Å². The Hall–Kier alpha value is -2.89. The summed E-state index contributed by atoms with van der Waals surface area (Å²) >= 11 is 0. The zero-order valence-electron chi connectivity index (χ0n) is 15.1. The Morgan fingerprint density at radius 1 is 1.19 bits per heavy atom. The smallest absolute Gasteiger partial charge is 0.253 e. The number of carbonyl (C=O) groups excluding carboxylic acids is 1. The maximum atomic E-state index is 12.8.